The maximum atomic E-state index is 13.1. The minimum Gasteiger partial charge on any atom is -0.382 e. The summed E-state index contributed by atoms with van der Waals surface area (Å²) >= 11 is 5.89. The van der Waals surface area contributed by atoms with Crippen LogP contribution in [-0.2, 0) is 24.3 Å². The smallest absolute Gasteiger partial charge is 0.382 e. The van der Waals surface area contributed by atoms with E-state index in [-0.39, 0.29) is 35.9 Å². The Morgan fingerprint density at radius 2 is 1.79 bits per heavy atom. The number of aliphatic hydroxyl groups is 1. The summed E-state index contributed by atoms with van der Waals surface area (Å²) in [5.74, 6) is -3.40. The lowest BCUT2D eigenvalue weighted by Gasteiger charge is -2.15. The zero-order valence-corrected chi connectivity index (χ0v) is 22.0. The van der Waals surface area contributed by atoms with E-state index in [9.17, 15) is 41.0 Å². The highest BCUT2D eigenvalue weighted by atomic mass is 35.5. The minimum absolute atomic E-state index is 0.0111. The van der Waals surface area contributed by atoms with Crippen LogP contribution >= 0.6 is 11.6 Å². The van der Waals surface area contributed by atoms with Crippen LogP contribution in [0.25, 0.3) is 17.2 Å². The molecule has 42 heavy (non-hydrogen) atoms. The number of carbonyl (C=O) groups excluding carboxylic acids is 1. The lowest BCUT2D eigenvalue weighted by atomic mass is 10.1. The number of rotatable bonds is 9. The molecule has 1 saturated carbocycles. The summed E-state index contributed by atoms with van der Waals surface area (Å²) in [6.07, 6.45) is -10.3. The number of nitrogens with zero attached hydrogens (tertiary/aromatic N) is 7. The summed E-state index contributed by atoms with van der Waals surface area (Å²) in [5, 5.41) is 18.3. The molecule has 1 aliphatic rings. The van der Waals surface area contributed by atoms with E-state index in [1.807, 2.05) is 0 Å². The summed E-state index contributed by atoms with van der Waals surface area (Å²) in [7, 11) is 0. The number of hydrogen-bond donors (Lipinski definition) is 1. The molecule has 0 radical (unpaired) electrons. The Labute approximate surface area is 237 Å². The highest BCUT2D eigenvalue weighted by molar-refractivity contribution is 6.30. The predicted molar refractivity (Wildman–Crippen MR) is 134 cm³/mol. The quantitative estimate of drug-likeness (QED) is 0.286. The van der Waals surface area contributed by atoms with Crippen LogP contribution in [0, 0.1) is 11.8 Å². The Morgan fingerprint density at radius 1 is 1.07 bits per heavy atom. The number of aliphatic hydroxyl groups excluding tert-OH is 1. The molecule has 17 heteroatoms. The molecule has 1 N–H and O–H groups in total. The first-order chi connectivity index (χ1) is 19.7. The molecule has 0 bridgehead atoms. The Bertz CT molecular complexity index is 1660. The summed E-state index contributed by atoms with van der Waals surface area (Å²) in [6.45, 7) is -1.51. The molecular weight excluding hydrogens is 596 g/mol. The van der Waals surface area contributed by atoms with Crippen LogP contribution in [0.3, 0.4) is 0 Å². The first kappa shape index (κ1) is 29.4. The van der Waals surface area contributed by atoms with Gasteiger partial charge in [0, 0.05) is 34.7 Å². The fraction of sp³-hybridized carbons (Fsp3) is 0.360. The standard InChI is InChI=1S/C25H20ClF6N7O3/c26-15-5-3-13(4-6-15)22-36-38(23(42)37(22)10-19(41)25(30,31)32)11-20-34-12-39(35-20)21-14(2-1-7-33-21)8-18(40)16-9-17(16)24(27,28)29/h1-7,12,16-17,19,41H,8-11H2/t16-,17?,19-/m0/s1. The highest BCUT2D eigenvalue weighted by Crippen LogP contribution is 2.50. The van der Waals surface area contributed by atoms with Crippen LogP contribution in [0.5, 0.6) is 0 Å². The third-order valence-corrected chi connectivity index (χ3v) is 6.91. The van der Waals surface area contributed by atoms with Crippen LogP contribution in [-0.4, -0.2) is 63.4 Å². The van der Waals surface area contributed by atoms with E-state index in [4.69, 9.17) is 11.6 Å². The van der Waals surface area contributed by atoms with Crippen molar-refractivity contribution in [2.75, 3.05) is 0 Å². The summed E-state index contributed by atoms with van der Waals surface area (Å²) in [6, 6.07) is 8.83. The molecule has 3 heterocycles. The average Bonchev–Trinajstić information content (AvgIpc) is 3.54. The Balaban J connectivity index is 1.40. The Hall–Kier alpha value is -4.05. The fourth-order valence-corrected chi connectivity index (χ4v) is 4.54. The summed E-state index contributed by atoms with van der Waals surface area (Å²) in [4.78, 5) is 33.8. The maximum Gasteiger partial charge on any atom is 0.416 e. The second kappa shape index (κ2) is 11.0. The van der Waals surface area contributed by atoms with Gasteiger partial charge in [-0.15, -0.1) is 10.2 Å². The van der Waals surface area contributed by atoms with Gasteiger partial charge in [0.25, 0.3) is 0 Å². The topological polar surface area (TPSA) is 121 Å². The van der Waals surface area contributed by atoms with Crippen LogP contribution < -0.4 is 5.69 Å². The van der Waals surface area contributed by atoms with Crippen LogP contribution in [0.15, 0.2) is 53.7 Å². The van der Waals surface area contributed by atoms with Gasteiger partial charge < -0.3 is 5.11 Å². The first-order valence-electron chi connectivity index (χ1n) is 12.3. The fourth-order valence-electron chi connectivity index (χ4n) is 4.41. The zero-order valence-electron chi connectivity index (χ0n) is 21.2. The van der Waals surface area contributed by atoms with Crippen molar-refractivity contribution in [3.63, 3.8) is 0 Å². The molecule has 1 aliphatic carbocycles. The molecule has 3 aromatic heterocycles. The molecule has 1 aromatic carbocycles. The molecule has 1 fully saturated rings. The van der Waals surface area contributed by atoms with Crippen molar-refractivity contribution in [1.29, 1.82) is 0 Å². The number of alkyl halides is 6. The van der Waals surface area contributed by atoms with Gasteiger partial charge in [0.2, 0.25) is 0 Å². The Kier molecular flexibility index (Phi) is 7.70. The van der Waals surface area contributed by atoms with Crippen molar-refractivity contribution < 1.29 is 36.2 Å². The lowest BCUT2D eigenvalue weighted by molar-refractivity contribution is -0.207. The van der Waals surface area contributed by atoms with E-state index in [0.717, 1.165) is 4.68 Å². The summed E-state index contributed by atoms with van der Waals surface area (Å²) < 4.78 is 80.7. The van der Waals surface area contributed by atoms with Gasteiger partial charge in [-0.05, 0) is 36.8 Å². The molecule has 10 nitrogen and oxygen atoms in total. The zero-order chi connectivity index (χ0) is 30.4. The van der Waals surface area contributed by atoms with E-state index < -0.39 is 54.9 Å². The molecule has 0 saturated heterocycles. The van der Waals surface area contributed by atoms with Gasteiger partial charge in [-0.2, -0.15) is 26.3 Å². The van der Waals surface area contributed by atoms with Gasteiger partial charge in [0.1, 0.15) is 18.7 Å². The van der Waals surface area contributed by atoms with E-state index in [1.165, 1.54) is 53.6 Å². The van der Waals surface area contributed by atoms with E-state index in [2.05, 4.69) is 20.2 Å². The van der Waals surface area contributed by atoms with Gasteiger partial charge in [-0.1, -0.05) is 17.7 Å². The van der Waals surface area contributed by atoms with Crippen molar-refractivity contribution in [3.8, 4) is 17.2 Å². The van der Waals surface area contributed by atoms with Crippen LogP contribution in [0.1, 0.15) is 17.8 Å². The third kappa shape index (κ3) is 6.23. The number of aromatic nitrogens is 7. The number of halogens is 7. The van der Waals surface area contributed by atoms with Gasteiger partial charge >= 0.3 is 18.0 Å². The maximum absolute atomic E-state index is 13.1. The highest BCUT2D eigenvalue weighted by Gasteiger charge is 2.58. The van der Waals surface area contributed by atoms with Crippen molar-refractivity contribution >= 4 is 17.4 Å². The molecule has 5 rings (SSSR count). The molecule has 222 valence electrons. The third-order valence-electron chi connectivity index (χ3n) is 6.66. The number of pyridine rings is 1. The number of Topliss-reactive ketones (excluding diaryl/α,β-unsaturated/α-hetero) is 1. The number of hydrogen-bond acceptors (Lipinski definition) is 7. The largest absolute Gasteiger partial charge is 0.416 e. The predicted octanol–water partition coefficient (Wildman–Crippen LogP) is 3.62. The van der Waals surface area contributed by atoms with Crippen LogP contribution in [0.4, 0.5) is 26.3 Å². The van der Waals surface area contributed by atoms with E-state index in [1.54, 1.807) is 0 Å². The number of ketones is 1. The second-order valence-electron chi connectivity index (χ2n) is 9.66. The first-order valence-corrected chi connectivity index (χ1v) is 12.7. The summed E-state index contributed by atoms with van der Waals surface area (Å²) in [5.41, 5.74) is -0.416. The van der Waals surface area contributed by atoms with Gasteiger partial charge in [0.05, 0.1) is 12.5 Å². The molecular formula is C25H20ClF6N7O3. The van der Waals surface area contributed by atoms with Gasteiger partial charge in [-0.3, -0.25) is 9.36 Å². The SMILES string of the molecule is O=C(Cc1cccnc1-n1cnc(Cn2nc(-c3ccc(Cl)cc3)n(C[C@H](O)C(F)(F)F)c2=O)n1)[C@H]1CC1C(F)(F)F. The molecule has 4 aromatic rings. The lowest BCUT2D eigenvalue weighted by Crippen LogP contribution is -2.37. The van der Waals surface area contributed by atoms with Gasteiger partial charge in [-0.25, -0.2) is 24.1 Å². The average molecular weight is 616 g/mol. The monoisotopic (exact) mass is 615 g/mol. The number of carbonyl (C=O) groups is 1. The van der Waals surface area contributed by atoms with Crippen LogP contribution in [0.2, 0.25) is 5.02 Å². The second-order valence-corrected chi connectivity index (χ2v) is 10.1. The van der Waals surface area contributed by atoms with E-state index >= 15 is 0 Å². The van der Waals surface area contributed by atoms with Crippen molar-refractivity contribution in [1.82, 2.24) is 34.1 Å². The van der Waals surface area contributed by atoms with E-state index in [0.29, 0.717) is 15.2 Å². The van der Waals surface area contributed by atoms with Crippen molar-refractivity contribution in [2.24, 2.45) is 11.8 Å². The Morgan fingerprint density at radius 3 is 2.43 bits per heavy atom. The van der Waals surface area contributed by atoms with Crippen molar-refractivity contribution in [3.05, 3.63) is 75.8 Å². The van der Waals surface area contributed by atoms with Crippen molar-refractivity contribution in [2.45, 2.75) is 44.4 Å². The normalized spacial score (nSPS) is 17.8. The molecule has 1 unspecified atom stereocenters. The molecule has 0 aliphatic heterocycles. The minimum atomic E-state index is -4.99. The molecule has 0 spiro atoms. The van der Waals surface area contributed by atoms with Gasteiger partial charge in [0.15, 0.2) is 23.6 Å². The number of benzene rings is 1. The molecule has 0 amide bonds. The molecule has 3 atom stereocenters.